The van der Waals surface area contributed by atoms with E-state index in [0.717, 1.165) is 0 Å². The second-order valence-corrected chi connectivity index (χ2v) is 3.97. The van der Waals surface area contributed by atoms with Gasteiger partial charge in [0.2, 0.25) is 0 Å². The predicted molar refractivity (Wildman–Crippen MR) is 52.4 cm³/mol. The van der Waals surface area contributed by atoms with Gasteiger partial charge in [-0.1, -0.05) is 6.07 Å². The van der Waals surface area contributed by atoms with Gasteiger partial charge in [-0.25, -0.2) is 0 Å². The first kappa shape index (κ1) is 9.71. The van der Waals surface area contributed by atoms with E-state index >= 15 is 0 Å². The van der Waals surface area contributed by atoms with Crippen LogP contribution in [0, 0.1) is 0 Å². The fourth-order valence-electron chi connectivity index (χ4n) is 0.986. The lowest BCUT2D eigenvalue weighted by Crippen LogP contribution is -2.26. The minimum Gasteiger partial charge on any atom is -0.392 e. The molecule has 1 heterocycles. The maximum absolute atomic E-state index is 9.04. The van der Waals surface area contributed by atoms with Crippen LogP contribution in [0.2, 0.25) is 0 Å². The molecule has 1 unspecified atom stereocenters. The normalized spacial score (nSPS) is 15.9. The molecule has 1 aromatic rings. The highest BCUT2D eigenvalue weighted by molar-refractivity contribution is 7.10. The SMILES string of the molecule is CC(NC[C@H](C)O)c1cccs1. The average Bonchev–Trinajstić information content (AvgIpc) is 2.51. The Morgan fingerprint density at radius 1 is 1.58 bits per heavy atom. The molecule has 0 saturated heterocycles. The molecule has 0 spiro atoms. The summed E-state index contributed by atoms with van der Waals surface area (Å²) < 4.78 is 0. The van der Waals surface area contributed by atoms with Crippen molar-refractivity contribution in [1.29, 1.82) is 0 Å². The molecule has 0 radical (unpaired) electrons. The average molecular weight is 185 g/mol. The van der Waals surface area contributed by atoms with Gasteiger partial charge in [-0.2, -0.15) is 0 Å². The monoisotopic (exact) mass is 185 g/mol. The minimum atomic E-state index is -0.271. The van der Waals surface area contributed by atoms with Crippen molar-refractivity contribution in [3.8, 4) is 0 Å². The van der Waals surface area contributed by atoms with Crippen LogP contribution in [0.15, 0.2) is 17.5 Å². The molecule has 0 aliphatic rings. The molecule has 0 aliphatic heterocycles. The Hall–Kier alpha value is -0.380. The molecule has 2 nitrogen and oxygen atoms in total. The van der Waals surface area contributed by atoms with E-state index in [1.807, 2.05) is 6.07 Å². The summed E-state index contributed by atoms with van der Waals surface area (Å²) in [4.78, 5) is 1.32. The molecule has 3 heteroatoms. The minimum absolute atomic E-state index is 0.271. The number of aliphatic hydroxyl groups excluding tert-OH is 1. The van der Waals surface area contributed by atoms with Gasteiger partial charge in [0.25, 0.3) is 0 Å². The third-order valence-electron chi connectivity index (χ3n) is 1.69. The van der Waals surface area contributed by atoms with Crippen molar-refractivity contribution in [2.24, 2.45) is 0 Å². The van der Waals surface area contributed by atoms with E-state index in [1.165, 1.54) is 4.88 Å². The summed E-state index contributed by atoms with van der Waals surface area (Å²) in [5.74, 6) is 0. The molecule has 0 aliphatic carbocycles. The zero-order valence-electron chi connectivity index (χ0n) is 7.45. The molecule has 2 atom stereocenters. The van der Waals surface area contributed by atoms with Crippen molar-refractivity contribution >= 4 is 11.3 Å². The smallest absolute Gasteiger partial charge is 0.0636 e. The van der Waals surface area contributed by atoms with Crippen LogP contribution in [0.1, 0.15) is 24.8 Å². The predicted octanol–water partition coefficient (Wildman–Crippen LogP) is 1.78. The van der Waals surface area contributed by atoms with Crippen LogP contribution in [0.4, 0.5) is 0 Å². The fourth-order valence-corrected chi connectivity index (χ4v) is 1.74. The number of rotatable bonds is 4. The highest BCUT2D eigenvalue weighted by atomic mass is 32.1. The van der Waals surface area contributed by atoms with E-state index in [0.29, 0.717) is 12.6 Å². The molecule has 1 aromatic heterocycles. The maximum atomic E-state index is 9.04. The van der Waals surface area contributed by atoms with Gasteiger partial charge in [0.15, 0.2) is 0 Å². The van der Waals surface area contributed by atoms with Crippen molar-refractivity contribution in [2.45, 2.75) is 26.0 Å². The van der Waals surface area contributed by atoms with Gasteiger partial charge >= 0.3 is 0 Å². The summed E-state index contributed by atoms with van der Waals surface area (Å²) in [5, 5.41) is 14.3. The van der Waals surface area contributed by atoms with Crippen LogP contribution in [0.3, 0.4) is 0 Å². The van der Waals surface area contributed by atoms with E-state index in [2.05, 4.69) is 23.7 Å². The van der Waals surface area contributed by atoms with Crippen LogP contribution in [0.25, 0.3) is 0 Å². The molecule has 0 saturated carbocycles. The van der Waals surface area contributed by atoms with Gasteiger partial charge < -0.3 is 10.4 Å². The molecule has 0 amide bonds. The lowest BCUT2D eigenvalue weighted by Gasteiger charge is -2.12. The van der Waals surface area contributed by atoms with Gasteiger partial charge in [-0.15, -0.1) is 11.3 Å². The summed E-state index contributed by atoms with van der Waals surface area (Å²) in [5.41, 5.74) is 0. The van der Waals surface area contributed by atoms with E-state index in [1.54, 1.807) is 18.3 Å². The Labute approximate surface area is 77.2 Å². The molecular weight excluding hydrogens is 170 g/mol. The standard InChI is InChI=1S/C9H15NOS/c1-7(11)6-10-8(2)9-4-3-5-12-9/h3-5,7-8,10-11H,6H2,1-2H3/t7-,8?/m0/s1. The molecule has 0 aromatic carbocycles. The van der Waals surface area contributed by atoms with Crippen molar-refractivity contribution in [2.75, 3.05) is 6.54 Å². The lowest BCUT2D eigenvalue weighted by atomic mass is 10.2. The van der Waals surface area contributed by atoms with Crippen molar-refractivity contribution in [3.05, 3.63) is 22.4 Å². The van der Waals surface area contributed by atoms with Crippen LogP contribution in [-0.4, -0.2) is 17.8 Å². The van der Waals surface area contributed by atoms with Gasteiger partial charge in [-0.3, -0.25) is 0 Å². The molecule has 0 bridgehead atoms. The largest absolute Gasteiger partial charge is 0.392 e. The Bertz CT molecular complexity index is 208. The van der Waals surface area contributed by atoms with E-state index in [-0.39, 0.29) is 6.10 Å². The van der Waals surface area contributed by atoms with Crippen LogP contribution < -0.4 is 5.32 Å². The Morgan fingerprint density at radius 3 is 2.83 bits per heavy atom. The number of hydrogen-bond donors (Lipinski definition) is 2. The topological polar surface area (TPSA) is 32.3 Å². The molecule has 1 rings (SSSR count). The zero-order valence-corrected chi connectivity index (χ0v) is 8.27. The van der Waals surface area contributed by atoms with Crippen molar-refractivity contribution < 1.29 is 5.11 Å². The zero-order chi connectivity index (χ0) is 8.97. The first-order valence-electron chi connectivity index (χ1n) is 4.15. The van der Waals surface area contributed by atoms with E-state index in [4.69, 9.17) is 5.11 Å². The molecule has 12 heavy (non-hydrogen) atoms. The first-order valence-corrected chi connectivity index (χ1v) is 5.03. The third-order valence-corrected chi connectivity index (χ3v) is 2.74. The summed E-state index contributed by atoms with van der Waals surface area (Å²) in [6.07, 6.45) is -0.271. The number of hydrogen-bond acceptors (Lipinski definition) is 3. The summed E-state index contributed by atoms with van der Waals surface area (Å²) in [7, 11) is 0. The van der Waals surface area contributed by atoms with Gasteiger partial charge in [-0.05, 0) is 25.3 Å². The van der Waals surface area contributed by atoms with Crippen molar-refractivity contribution in [3.63, 3.8) is 0 Å². The highest BCUT2D eigenvalue weighted by Gasteiger charge is 2.05. The molecular formula is C9H15NOS. The van der Waals surface area contributed by atoms with Gasteiger partial charge in [0.05, 0.1) is 6.10 Å². The Kier molecular flexibility index (Phi) is 3.72. The number of aliphatic hydroxyl groups is 1. The van der Waals surface area contributed by atoms with E-state index < -0.39 is 0 Å². The summed E-state index contributed by atoms with van der Waals surface area (Å²) in [6.45, 7) is 4.54. The molecule has 2 N–H and O–H groups in total. The van der Waals surface area contributed by atoms with Crippen molar-refractivity contribution in [1.82, 2.24) is 5.32 Å². The highest BCUT2D eigenvalue weighted by Crippen LogP contribution is 2.17. The number of thiophene rings is 1. The number of nitrogens with one attached hydrogen (secondary N) is 1. The Morgan fingerprint density at radius 2 is 2.33 bits per heavy atom. The van der Waals surface area contributed by atoms with Gasteiger partial charge in [0, 0.05) is 17.5 Å². The van der Waals surface area contributed by atoms with Crippen LogP contribution >= 0.6 is 11.3 Å². The van der Waals surface area contributed by atoms with Gasteiger partial charge in [0.1, 0.15) is 0 Å². The maximum Gasteiger partial charge on any atom is 0.0636 e. The summed E-state index contributed by atoms with van der Waals surface area (Å²) in [6, 6.07) is 4.49. The van der Waals surface area contributed by atoms with E-state index in [9.17, 15) is 0 Å². The first-order chi connectivity index (χ1) is 5.70. The Balaban J connectivity index is 2.34. The van der Waals surface area contributed by atoms with Crippen LogP contribution in [0.5, 0.6) is 0 Å². The summed E-state index contributed by atoms with van der Waals surface area (Å²) >= 11 is 1.74. The fraction of sp³-hybridized carbons (Fsp3) is 0.556. The lowest BCUT2D eigenvalue weighted by molar-refractivity contribution is 0.187. The van der Waals surface area contributed by atoms with Crippen LogP contribution in [-0.2, 0) is 0 Å². The third kappa shape index (κ3) is 2.93. The quantitative estimate of drug-likeness (QED) is 0.749. The molecule has 0 fully saturated rings. The molecule has 68 valence electrons. The second kappa shape index (κ2) is 4.60. The second-order valence-electron chi connectivity index (χ2n) is 2.99.